The molecule has 0 aromatic heterocycles. The second kappa shape index (κ2) is 6.46. The molecular weight excluding hydrogens is 360 g/mol. The lowest BCUT2D eigenvalue weighted by molar-refractivity contribution is -0.137. The van der Waals surface area contributed by atoms with Crippen LogP contribution in [-0.4, -0.2) is 38.3 Å². The molecule has 6 heteroatoms. The third-order valence-corrected chi connectivity index (χ3v) is 7.91. The maximum atomic E-state index is 13.1. The highest BCUT2D eigenvalue weighted by Gasteiger charge is 2.54. The lowest BCUT2D eigenvalue weighted by atomic mass is 9.71. The van der Waals surface area contributed by atoms with Gasteiger partial charge in [-0.2, -0.15) is 4.31 Å². The van der Waals surface area contributed by atoms with E-state index in [1.54, 1.807) is 15.3 Å². The van der Waals surface area contributed by atoms with Crippen LogP contribution in [0, 0.1) is 19.3 Å². The van der Waals surface area contributed by atoms with E-state index in [4.69, 9.17) is 0 Å². The summed E-state index contributed by atoms with van der Waals surface area (Å²) in [7, 11) is -3.52. The number of benzene rings is 2. The highest BCUT2D eigenvalue weighted by molar-refractivity contribution is 7.89. The minimum absolute atomic E-state index is 0.123. The summed E-state index contributed by atoms with van der Waals surface area (Å²) in [6.45, 7) is 5.18. The van der Waals surface area contributed by atoms with Crippen LogP contribution < -0.4 is 4.90 Å². The van der Waals surface area contributed by atoms with E-state index in [9.17, 15) is 13.2 Å². The monoisotopic (exact) mass is 384 g/mol. The van der Waals surface area contributed by atoms with E-state index in [1.165, 1.54) is 0 Å². The van der Waals surface area contributed by atoms with Crippen LogP contribution in [0.4, 0.5) is 5.69 Å². The van der Waals surface area contributed by atoms with Gasteiger partial charge in [0.05, 0.1) is 10.3 Å². The number of piperidine rings is 1. The van der Waals surface area contributed by atoms with E-state index in [-0.39, 0.29) is 5.91 Å². The van der Waals surface area contributed by atoms with Gasteiger partial charge < -0.3 is 4.90 Å². The first-order valence-corrected chi connectivity index (χ1v) is 10.7. The Hall–Kier alpha value is -2.18. The molecule has 2 heterocycles. The van der Waals surface area contributed by atoms with Crippen molar-refractivity contribution in [3.05, 3.63) is 59.7 Å². The molecule has 2 aromatic carbocycles. The average Bonchev–Trinajstić information content (AvgIpc) is 2.68. The van der Waals surface area contributed by atoms with Crippen molar-refractivity contribution in [2.24, 2.45) is 5.41 Å². The summed E-state index contributed by atoms with van der Waals surface area (Å²) < 4.78 is 27.7. The minimum atomic E-state index is -3.52. The van der Waals surface area contributed by atoms with Gasteiger partial charge in [0, 0.05) is 25.3 Å². The topological polar surface area (TPSA) is 57.7 Å². The molecule has 2 aliphatic rings. The minimum Gasteiger partial charge on any atom is -0.311 e. The van der Waals surface area contributed by atoms with Gasteiger partial charge >= 0.3 is 0 Å². The molecule has 2 aromatic rings. The predicted octanol–water partition coefficient (Wildman–Crippen LogP) is 3.12. The molecule has 142 valence electrons. The van der Waals surface area contributed by atoms with E-state index >= 15 is 0 Å². The van der Waals surface area contributed by atoms with Gasteiger partial charge in [0.25, 0.3) is 0 Å². The van der Waals surface area contributed by atoms with E-state index in [0.29, 0.717) is 37.4 Å². The predicted molar refractivity (Wildman–Crippen MR) is 105 cm³/mol. The van der Waals surface area contributed by atoms with Crippen molar-refractivity contribution in [2.75, 3.05) is 24.5 Å². The van der Waals surface area contributed by atoms with Gasteiger partial charge in [-0.3, -0.25) is 4.79 Å². The Kier molecular flexibility index (Phi) is 4.35. The number of sulfonamides is 1. The van der Waals surface area contributed by atoms with Crippen LogP contribution in [0.15, 0.2) is 53.4 Å². The van der Waals surface area contributed by atoms with Gasteiger partial charge in [-0.15, -0.1) is 0 Å². The zero-order chi connectivity index (χ0) is 19.2. The number of amides is 1. The summed E-state index contributed by atoms with van der Waals surface area (Å²) >= 11 is 0. The van der Waals surface area contributed by atoms with Crippen LogP contribution in [0.1, 0.15) is 24.0 Å². The normalized spacial score (nSPS) is 19.9. The number of β-lactam (4-membered cyclic amide) rings is 1. The fourth-order valence-corrected chi connectivity index (χ4v) is 5.86. The fraction of sp³-hybridized carbons (Fsp3) is 0.381. The quantitative estimate of drug-likeness (QED) is 0.764. The lowest BCUT2D eigenvalue weighted by Crippen LogP contribution is -2.65. The summed E-state index contributed by atoms with van der Waals surface area (Å²) in [5, 5.41) is 0. The maximum absolute atomic E-state index is 13.1. The smallest absolute Gasteiger partial charge is 0.243 e. The molecule has 2 fully saturated rings. The van der Waals surface area contributed by atoms with Crippen molar-refractivity contribution in [3.63, 3.8) is 0 Å². The molecule has 0 N–H and O–H groups in total. The van der Waals surface area contributed by atoms with Crippen molar-refractivity contribution >= 4 is 21.6 Å². The zero-order valence-corrected chi connectivity index (χ0v) is 16.5. The Bertz CT molecular complexity index is 978. The number of hydrogen-bond acceptors (Lipinski definition) is 3. The zero-order valence-electron chi connectivity index (χ0n) is 15.7. The van der Waals surface area contributed by atoms with Crippen molar-refractivity contribution in [1.29, 1.82) is 0 Å². The Morgan fingerprint density at radius 2 is 1.63 bits per heavy atom. The van der Waals surface area contributed by atoms with Crippen molar-refractivity contribution in [2.45, 2.75) is 31.6 Å². The number of aryl methyl sites for hydroxylation is 2. The largest absolute Gasteiger partial charge is 0.311 e. The first-order chi connectivity index (χ1) is 12.8. The highest BCUT2D eigenvalue weighted by atomic mass is 32.2. The van der Waals surface area contributed by atoms with E-state index in [2.05, 4.69) is 0 Å². The number of carbonyl (C=O) groups excluding carboxylic acids is 1. The number of hydrogen-bond donors (Lipinski definition) is 0. The number of anilines is 1. The SMILES string of the molecule is Cc1ccc(C)c(S(=O)(=O)N2CCC3(CC2)CN(c2ccccc2)C3=O)c1. The summed E-state index contributed by atoms with van der Waals surface area (Å²) in [4.78, 5) is 15.0. The van der Waals surface area contributed by atoms with Crippen LogP contribution in [-0.2, 0) is 14.8 Å². The van der Waals surface area contributed by atoms with Crippen molar-refractivity contribution in [1.82, 2.24) is 4.31 Å². The molecule has 0 atom stereocenters. The molecule has 0 unspecified atom stereocenters. The van der Waals surface area contributed by atoms with E-state index < -0.39 is 15.4 Å². The Labute approximate surface area is 160 Å². The number of carbonyl (C=O) groups is 1. The van der Waals surface area contributed by atoms with Crippen LogP contribution in [0.2, 0.25) is 0 Å². The second-order valence-electron chi connectivity index (χ2n) is 7.68. The first-order valence-electron chi connectivity index (χ1n) is 9.28. The Balaban J connectivity index is 1.48. The molecule has 1 amide bonds. The third-order valence-electron chi connectivity index (χ3n) is 5.87. The summed E-state index contributed by atoms with van der Waals surface area (Å²) in [5.41, 5.74) is 2.21. The van der Waals surface area contributed by atoms with Crippen molar-refractivity contribution in [3.8, 4) is 0 Å². The Morgan fingerprint density at radius 3 is 2.26 bits per heavy atom. The van der Waals surface area contributed by atoms with Gasteiger partial charge in [-0.25, -0.2) is 8.42 Å². The lowest BCUT2D eigenvalue weighted by Gasteiger charge is -2.52. The molecule has 0 saturated carbocycles. The number of nitrogens with zero attached hydrogens (tertiary/aromatic N) is 2. The van der Waals surface area contributed by atoms with Crippen LogP contribution in [0.5, 0.6) is 0 Å². The molecule has 2 aliphatic heterocycles. The van der Waals surface area contributed by atoms with Gasteiger partial charge in [-0.05, 0) is 56.0 Å². The molecule has 5 nitrogen and oxygen atoms in total. The van der Waals surface area contributed by atoms with Crippen LogP contribution in [0.3, 0.4) is 0 Å². The number of rotatable bonds is 3. The molecule has 1 spiro atoms. The molecule has 0 radical (unpaired) electrons. The average molecular weight is 385 g/mol. The molecular formula is C21H24N2O3S. The highest BCUT2D eigenvalue weighted by Crippen LogP contribution is 2.44. The van der Waals surface area contributed by atoms with Gasteiger partial charge in [0.1, 0.15) is 0 Å². The summed E-state index contributed by atoms with van der Waals surface area (Å²) in [5.74, 6) is 0.123. The van der Waals surface area contributed by atoms with Crippen molar-refractivity contribution < 1.29 is 13.2 Å². The van der Waals surface area contributed by atoms with Gasteiger partial charge in [-0.1, -0.05) is 30.3 Å². The number of para-hydroxylation sites is 1. The molecule has 2 saturated heterocycles. The molecule has 4 rings (SSSR count). The van der Waals surface area contributed by atoms with Gasteiger partial charge in [0.15, 0.2) is 0 Å². The third kappa shape index (κ3) is 2.97. The summed E-state index contributed by atoms with van der Waals surface area (Å²) in [6.07, 6.45) is 1.17. The van der Waals surface area contributed by atoms with E-state index in [0.717, 1.165) is 16.8 Å². The maximum Gasteiger partial charge on any atom is 0.243 e. The van der Waals surface area contributed by atoms with Crippen LogP contribution >= 0.6 is 0 Å². The molecule has 27 heavy (non-hydrogen) atoms. The first kappa shape index (κ1) is 18.2. The van der Waals surface area contributed by atoms with E-state index in [1.807, 2.05) is 56.3 Å². The van der Waals surface area contributed by atoms with Gasteiger partial charge in [0.2, 0.25) is 15.9 Å². The Morgan fingerprint density at radius 1 is 0.963 bits per heavy atom. The van der Waals surface area contributed by atoms with Crippen LogP contribution in [0.25, 0.3) is 0 Å². The summed E-state index contributed by atoms with van der Waals surface area (Å²) in [6, 6.07) is 15.2. The molecule has 0 aliphatic carbocycles. The standard InChI is InChI=1S/C21H24N2O3S/c1-16-8-9-17(2)19(14-16)27(25,26)22-12-10-21(11-13-22)15-23(20(21)24)18-6-4-3-5-7-18/h3-9,14H,10-13,15H2,1-2H3. The molecule has 0 bridgehead atoms. The fourth-order valence-electron chi connectivity index (χ4n) is 4.10. The second-order valence-corrected chi connectivity index (χ2v) is 9.59.